The summed E-state index contributed by atoms with van der Waals surface area (Å²) in [4.78, 5) is 47.0. The summed E-state index contributed by atoms with van der Waals surface area (Å²) in [6, 6.07) is 12.0. The van der Waals surface area contributed by atoms with Gasteiger partial charge in [0.1, 0.15) is 11.8 Å². The highest BCUT2D eigenvalue weighted by Crippen LogP contribution is 2.28. The average Bonchev–Trinajstić information content (AvgIpc) is 3.41. The van der Waals surface area contributed by atoms with Crippen molar-refractivity contribution in [2.45, 2.75) is 12.8 Å². The molecule has 3 aromatic rings. The van der Waals surface area contributed by atoms with Gasteiger partial charge in [-0.05, 0) is 62.3 Å². The minimum absolute atomic E-state index is 0.0573. The van der Waals surface area contributed by atoms with Crippen LogP contribution in [0.15, 0.2) is 42.6 Å². The van der Waals surface area contributed by atoms with Crippen LogP contribution in [0.25, 0.3) is 11.3 Å². The molecule has 42 heavy (non-hydrogen) atoms. The number of piperazine rings is 1. The van der Waals surface area contributed by atoms with E-state index in [2.05, 4.69) is 21.7 Å². The van der Waals surface area contributed by atoms with Crippen molar-refractivity contribution in [3.63, 3.8) is 0 Å². The first kappa shape index (κ1) is 29.1. The van der Waals surface area contributed by atoms with Crippen LogP contribution in [-0.4, -0.2) is 83.5 Å². The predicted octanol–water partition coefficient (Wildman–Crippen LogP) is 3.16. The lowest BCUT2D eigenvalue weighted by molar-refractivity contribution is -0.137. The molecule has 0 aliphatic carbocycles. The molecule has 0 spiro atoms. The largest absolute Gasteiger partial charge is 0.495 e. The van der Waals surface area contributed by atoms with Crippen molar-refractivity contribution < 1.29 is 19.1 Å². The van der Waals surface area contributed by atoms with Crippen LogP contribution in [0.5, 0.6) is 5.75 Å². The number of carbonyl (C=O) groups excluding carboxylic acids is 3. The van der Waals surface area contributed by atoms with Gasteiger partial charge in [0.15, 0.2) is 5.82 Å². The van der Waals surface area contributed by atoms with E-state index in [1.165, 1.54) is 13.2 Å². The molecule has 218 valence electrons. The molecule has 0 atom stereocenters. The lowest BCUT2D eigenvalue weighted by Crippen LogP contribution is -2.52. The second-order valence-electron chi connectivity index (χ2n) is 10.3. The number of halogens is 1. The van der Waals surface area contributed by atoms with Crippen molar-refractivity contribution in [1.29, 1.82) is 5.26 Å². The highest BCUT2D eigenvalue weighted by molar-refractivity contribution is 6.34. The zero-order valence-electron chi connectivity index (χ0n) is 23.5. The number of nitrogens with one attached hydrogen (secondary N) is 2. The Morgan fingerprint density at radius 3 is 2.45 bits per heavy atom. The molecular weight excluding hydrogens is 558 g/mol. The number of piperidine rings is 1. The lowest BCUT2D eigenvalue weighted by atomic mass is 9.96. The number of benzene rings is 2. The molecule has 0 bridgehead atoms. The monoisotopic (exact) mass is 589 g/mol. The summed E-state index contributed by atoms with van der Waals surface area (Å²) in [5, 5.41) is 15.7. The Labute approximate surface area is 249 Å². The zero-order valence-corrected chi connectivity index (χ0v) is 24.3. The van der Waals surface area contributed by atoms with Crippen molar-refractivity contribution in [2.75, 3.05) is 51.7 Å². The molecule has 2 aromatic carbocycles. The highest BCUT2D eigenvalue weighted by atomic mass is 35.5. The first-order valence-corrected chi connectivity index (χ1v) is 14.2. The molecule has 2 saturated heterocycles. The van der Waals surface area contributed by atoms with Crippen LogP contribution in [0.3, 0.4) is 0 Å². The normalized spacial score (nSPS) is 15.7. The van der Waals surface area contributed by atoms with Crippen LogP contribution in [0, 0.1) is 17.2 Å². The van der Waals surface area contributed by atoms with E-state index in [1.54, 1.807) is 53.0 Å². The molecule has 2 aliphatic rings. The van der Waals surface area contributed by atoms with Crippen LogP contribution in [0.1, 0.15) is 39.4 Å². The van der Waals surface area contributed by atoms with Gasteiger partial charge >= 0.3 is 0 Å². The van der Waals surface area contributed by atoms with Gasteiger partial charge in [0.05, 0.1) is 35.2 Å². The van der Waals surface area contributed by atoms with Crippen molar-refractivity contribution in [3.8, 4) is 23.1 Å². The summed E-state index contributed by atoms with van der Waals surface area (Å²) in [5.41, 5.74) is 2.48. The quantitative estimate of drug-likeness (QED) is 0.451. The van der Waals surface area contributed by atoms with Gasteiger partial charge in [0, 0.05) is 50.4 Å². The van der Waals surface area contributed by atoms with Gasteiger partial charge in [0.25, 0.3) is 11.8 Å². The highest BCUT2D eigenvalue weighted by Gasteiger charge is 2.30. The number of hydrogen-bond acceptors (Lipinski definition) is 7. The third kappa shape index (κ3) is 5.95. The number of nitrogens with zero attached hydrogens (tertiary/aromatic N) is 5. The van der Waals surface area contributed by atoms with Gasteiger partial charge in [-0.1, -0.05) is 11.6 Å². The van der Waals surface area contributed by atoms with Crippen molar-refractivity contribution in [3.05, 3.63) is 64.6 Å². The van der Waals surface area contributed by atoms with Crippen molar-refractivity contribution in [2.24, 2.45) is 13.0 Å². The van der Waals surface area contributed by atoms with Gasteiger partial charge < -0.3 is 29.7 Å². The summed E-state index contributed by atoms with van der Waals surface area (Å²) >= 11 is 6.50. The van der Waals surface area contributed by atoms with E-state index in [4.69, 9.17) is 16.3 Å². The minimum Gasteiger partial charge on any atom is -0.495 e. The molecule has 1 aromatic heterocycles. The zero-order chi connectivity index (χ0) is 29.8. The predicted molar refractivity (Wildman–Crippen MR) is 157 cm³/mol. The fraction of sp³-hybridized carbons (Fsp3) is 0.367. The van der Waals surface area contributed by atoms with Crippen molar-refractivity contribution >= 4 is 35.0 Å². The number of aromatic nitrogens is 2. The molecule has 3 heterocycles. The molecule has 3 amide bonds. The fourth-order valence-corrected chi connectivity index (χ4v) is 5.69. The van der Waals surface area contributed by atoms with E-state index in [0.29, 0.717) is 60.0 Å². The third-order valence-electron chi connectivity index (χ3n) is 7.83. The first-order valence-electron chi connectivity index (χ1n) is 13.8. The molecule has 5 rings (SSSR count). The molecule has 0 unspecified atom stereocenters. The van der Waals surface area contributed by atoms with Crippen LogP contribution < -0.4 is 15.4 Å². The van der Waals surface area contributed by atoms with E-state index < -0.39 is 5.91 Å². The topological polar surface area (TPSA) is 133 Å². The summed E-state index contributed by atoms with van der Waals surface area (Å²) < 4.78 is 6.84. The summed E-state index contributed by atoms with van der Waals surface area (Å²) in [6.45, 7) is 3.60. The van der Waals surface area contributed by atoms with E-state index in [1.807, 2.05) is 4.90 Å². The molecule has 12 heteroatoms. The van der Waals surface area contributed by atoms with Gasteiger partial charge in [-0.2, -0.15) is 5.26 Å². The van der Waals surface area contributed by atoms with Crippen LogP contribution in [-0.2, 0) is 11.8 Å². The molecular formula is C30H32ClN7O4. The minimum atomic E-state index is -0.456. The molecule has 0 radical (unpaired) electrons. The number of methoxy groups -OCH3 is 1. The lowest BCUT2D eigenvalue weighted by Gasteiger charge is -2.37. The maximum atomic E-state index is 13.2. The fourth-order valence-electron chi connectivity index (χ4n) is 5.42. The molecule has 2 N–H and O–H groups in total. The standard InChI is InChI=1S/C30H32ClN7O4/c1-36-25(20-3-6-26(42-2)21(15-20)17-32)18-34-27(36)28(39)35-22-4-5-23(24(31)16-22)30(41)38-13-11-37(12-14-38)29(40)19-7-9-33-10-8-19/h3-6,15-16,18-19,33H,7-14H2,1-2H3,(H,35,39). The molecule has 0 saturated carbocycles. The Morgan fingerprint density at radius 2 is 1.79 bits per heavy atom. The summed E-state index contributed by atoms with van der Waals surface area (Å²) in [7, 11) is 3.21. The van der Waals surface area contributed by atoms with Crippen LogP contribution in [0.2, 0.25) is 5.02 Å². The number of ether oxygens (including phenoxy) is 1. The average molecular weight is 590 g/mol. The number of amides is 3. The Hall–Kier alpha value is -4.40. The number of anilines is 1. The molecule has 11 nitrogen and oxygen atoms in total. The molecule has 2 aliphatic heterocycles. The Morgan fingerprint density at radius 1 is 1.07 bits per heavy atom. The van der Waals surface area contributed by atoms with Crippen molar-refractivity contribution in [1.82, 2.24) is 24.7 Å². The van der Waals surface area contributed by atoms with E-state index >= 15 is 0 Å². The Kier molecular flexibility index (Phi) is 8.75. The second kappa shape index (κ2) is 12.6. The maximum Gasteiger partial charge on any atom is 0.291 e. The Bertz CT molecular complexity index is 1550. The van der Waals surface area contributed by atoms with Gasteiger partial charge in [-0.25, -0.2) is 4.98 Å². The molecule has 2 fully saturated rings. The van der Waals surface area contributed by atoms with Gasteiger partial charge in [0.2, 0.25) is 5.91 Å². The number of carbonyl (C=O) groups is 3. The summed E-state index contributed by atoms with van der Waals surface area (Å²) in [5.74, 6) is 0.191. The number of nitriles is 1. The van der Waals surface area contributed by atoms with Gasteiger partial charge in [-0.3, -0.25) is 14.4 Å². The maximum absolute atomic E-state index is 13.2. The summed E-state index contributed by atoms with van der Waals surface area (Å²) in [6.07, 6.45) is 3.26. The Balaban J connectivity index is 1.21. The van der Waals surface area contributed by atoms with E-state index in [9.17, 15) is 19.6 Å². The first-order chi connectivity index (χ1) is 20.3. The van der Waals surface area contributed by atoms with E-state index in [0.717, 1.165) is 25.9 Å². The van der Waals surface area contributed by atoms with Crippen LogP contribution >= 0.6 is 11.6 Å². The van der Waals surface area contributed by atoms with Gasteiger partial charge in [-0.15, -0.1) is 0 Å². The number of rotatable bonds is 6. The van der Waals surface area contributed by atoms with E-state index in [-0.39, 0.29) is 28.6 Å². The number of imidazole rings is 1. The van der Waals surface area contributed by atoms with Crippen LogP contribution in [0.4, 0.5) is 5.69 Å². The second-order valence-corrected chi connectivity index (χ2v) is 10.8. The SMILES string of the molecule is COc1ccc(-c2cnc(C(=O)Nc3ccc(C(=O)N4CCN(C(=O)C5CCNCC5)CC4)c(Cl)c3)n2C)cc1C#N. The smallest absolute Gasteiger partial charge is 0.291 e. The number of hydrogen-bond donors (Lipinski definition) is 2. The third-order valence-corrected chi connectivity index (χ3v) is 8.14.